The third-order valence-electron chi connectivity index (χ3n) is 5.29. The number of rotatable bonds is 5. The molecule has 0 saturated carbocycles. The summed E-state index contributed by atoms with van der Waals surface area (Å²) in [6, 6.07) is 15.8. The van der Waals surface area contributed by atoms with Gasteiger partial charge in [0.15, 0.2) is 5.78 Å². The van der Waals surface area contributed by atoms with Crippen molar-refractivity contribution in [3.05, 3.63) is 66.5 Å². The van der Waals surface area contributed by atoms with Gasteiger partial charge in [-0.2, -0.15) is 5.10 Å². The Morgan fingerprint density at radius 2 is 1.93 bits per heavy atom. The number of carbonyl (C=O) groups excluding carboxylic acids is 2. The minimum atomic E-state index is -0.117. The maximum Gasteiger partial charge on any atom is 0.224 e. The van der Waals surface area contributed by atoms with E-state index in [1.165, 1.54) is 0 Å². The molecule has 1 fully saturated rings. The quantitative estimate of drug-likeness (QED) is 0.653. The fraction of sp³-hybridized carbons (Fsp3) is 0.318. The molecule has 1 amide bonds. The molecule has 1 aliphatic rings. The molecular formula is C22H23N3O2. The second-order valence-electron chi connectivity index (χ2n) is 7.12. The number of aromatic nitrogens is 2. The van der Waals surface area contributed by atoms with Crippen molar-refractivity contribution in [2.45, 2.75) is 25.8 Å². The van der Waals surface area contributed by atoms with E-state index in [-0.39, 0.29) is 17.6 Å². The second kappa shape index (κ2) is 7.74. The second-order valence-corrected chi connectivity index (χ2v) is 7.12. The topological polar surface area (TPSA) is 55.2 Å². The zero-order valence-electron chi connectivity index (χ0n) is 15.3. The molecule has 1 aromatic heterocycles. The van der Waals surface area contributed by atoms with Gasteiger partial charge in [-0.25, -0.2) is 0 Å². The predicted octanol–water partition coefficient (Wildman–Crippen LogP) is 3.55. The lowest BCUT2D eigenvalue weighted by molar-refractivity contribution is -0.132. The molecule has 4 rings (SSSR count). The Balaban J connectivity index is 1.42. The lowest BCUT2D eigenvalue weighted by Gasteiger charge is -2.32. The summed E-state index contributed by atoms with van der Waals surface area (Å²) in [4.78, 5) is 27.4. The SMILES string of the molecule is O=C(c1ccc2ccccc2c1)C1CCCN(C(=O)CCn2cccn2)C1. The number of piperidine rings is 1. The molecule has 1 atom stereocenters. The van der Waals surface area contributed by atoms with Crippen LogP contribution in [0.1, 0.15) is 29.6 Å². The van der Waals surface area contributed by atoms with Crippen LogP contribution in [0.3, 0.4) is 0 Å². The van der Waals surface area contributed by atoms with Crippen LogP contribution in [-0.4, -0.2) is 39.5 Å². The molecule has 3 aromatic rings. The highest BCUT2D eigenvalue weighted by atomic mass is 16.2. The van der Waals surface area contributed by atoms with Crippen LogP contribution in [0.4, 0.5) is 0 Å². The van der Waals surface area contributed by atoms with E-state index in [0.717, 1.165) is 35.7 Å². The van der Waals surface area contributed by atoms with Crippen LogP contribution in [0, 0.1) is 5.92 Å². The van der Waals surface area contributed by atoms with Crippen molar-refractivity contribution in [3.63, 3.8) is 0 Å². The number of amides is 1. The number of carbonyl (C=O) groups is 2. The molecule has 5 heteroatoms. The van der Waals surface area contributed by atoms with E-state index < -0.39 is 0 Å². The van der Waals surface area contributed by atoms with E-state index in [4.69, 9.17) is 0 Å². The highest BCUT2D eigenvalue weighted by Crippen LogP contribution is 2.24. The molecule has 0 bridgehead atoms. The normalized spacial score (nSPS) is 17.2. The van der Waals surface area contributed by atoms with Crippen LogP contribution in [0.15, 0.2) is 60.9 Å². The maximum atomic E-state index is 13.0. The fourth-order valence-corrected chi connectivity index (χ4v) is 3.80. The third-order valence-corrected chi connectivity index (χ3v) is 5.29. The van der Waals surface area contributed by atoms with E-state index in [1.54, 1.807) is 10.9 Å². The number of likely N-dealkylation sites (tertiary alicyclic amines) is 1. The Hall–Kier alpha value is -2.95. The number of benzene rings is 2. The molecule has 1 saturated heterocycles. The number of aryl methyl sites for hydroxylation is 1. The zero-order chi connectivity index (χ0) is 18.6. The van der Waals surface area contributed by atoms with Gasteiger partial charge in [0, 0.05) is 49.9 Å². The van der Waals surface area contributed by atoms with Gasteiger partial charge in [-0.3, -0.25) is 14.3 Å². The monoisotopic (exact) mass is 361 g/mol. The Morgan fingerprint density at radius 1 is 1.07 bits per heavy atom. The van der Waals surface area contributed by atoms with Gasteiger partial charge in [-0.15, -0.1) is 0 Å². The summed E-state index contributed by atoms with van der Waals surface area (Å²) < 4.78 is 1.76. The van der Waals surface area contributed by atoms with Crippen molar-refractivity contribution >= 4 is 22.5 Å². The van der Waals surface area contributed by atoms with Crippen LogP contribution >= 0.6 is 0 Å². The molecule has 0 spiro atoms. The maximum absolute atomic E-state index is 13.0. The molecule has 138 valence electrons. The van der Waals surface area contributed by atoms with Crippen LogP contribution < -0.4 is 0 Å². The summed E-state index contributed by atoms with van der Waals surface area (Å²) in [6.45, 7) is 1.83. The first-order valence-corrected chi connectivity index (χ1v) is 9.49. The first-order valence-electron chi connectivity index (χ1n) is 9.49. The Morgan fingerprint density at radius 3 is 2.74 bits per heavy atom. The molecule has 1 aliphatic heterocycles. The molecule has 5 nitrogen and oxygen atoms in total. The Bertz CT molecular complexity index is 949. The van der Waals surface area contributed by atoms with Crippen molar-refractivity contribution in [3.8, 4) is 0 Å². The van der Waals surface area contributed by atoms with E-state index >= 15 is 0 Å². The van der Waals surface area contributed by atoms with Gasteiger partial charge in [0.05, 0.1) is 0 Å². The molecule has 0 radical (unpaired) electrons. The predicted molar refractivity (Wildman–Crippen MR) is 104 cm³/mol. The lowest BCUT2D eigenvalue weighted by Crippen LogP contribution is -2.42. The Kier molecular flexibility index (Phi) is 5.01. The summed E-state index contributed by atoms with van der Waals surface area (Å²) >= 11 is 0. The highest BCUT2D eigenvalue weighted by molar-refractivity contribution is 6.01. The van der Waals surface area contributed by atoms with Gasteiger partial charge in [0.25, 0.3) is 0 Å². The molecule has 27 heavy (non-hydrogen) atoms. The van der Waals surface area contributed by atoms with Gasteiger partial charge < -0.3 is 4.90 Å². The molecule has 0 aliphatic carbocycles. The van der Waals surface area contributed by atoms with Crippen LogP contribution in [-0.2, 0) is 11.3 Å². The van der Waals surface area contributed by atoms with Gasteiger partial charge in [0.1, 0.15) is 0 Å². The molecule has 2 heterocycles. The number of nitrogens with zero attached hydrogens (tertiary/aromatic N) is 3. The number of fused-ring (bicyclic) bond motifs is 1. The molecule has 0 N–H and O–H groups in total. The summed E-state index contributed by atoms with van der Waals surface area (Å²) in [5.41, 5.74) is 0.740. The standard InChI is InChI=1S/C22H23N3O2/c26-21(10-14-25-13-4-11-23-25)24-12-3-7-20(16-24)22(27)19-9-8-17-5-1-2-6-18(17)15-19/h1-2,4-6,8-9,11,13,15,20H,3,7,10,12,14,16H2. The van der Waals surface area contributed by atoms with E-state index in [9.17, 15) is 9.59 Å². The number of ketones is 1. The summed E-state index contributed by atoms with van der Waals surface area (Å²) in [5.74, 6) is 0.125. The highest BCUT2D eigenvalue weighted by Gasteiger charge is 2.28. The van der Waals surface area contributed by atoms with E-state index in [1.807, 2.05) is 59.6 Å². The van der Waals surface area contributed by atoms with E-state index in [0.29, 0.717) is 19.5 Å². The summed E-state index contributed by atoms with van der Waals surface area (Å²) in [6.07, 6.45) is 5.70. The number of Topliss-reactive ketones (excluding diaryl/α,β-unsaturated/α-hetero) is 1. The Labute approximate surface area is 158 Å². The molecular weight excluding hydrogens is 338 g/mol. The average Bonchev–Trinajstić information content (AvgIpc) is 3.25. The van der Waals surface area contributed by atoms with Gasteiger partial charge in [-0.05, 0) is 35.7 Å². The zero-order valence-corrected chi connectivity index (χ0v) is 15.3. The van der Waals surface area contributed by atoms with Crippen LogP contribution in [0.2, 0.25) is 0 Å². The van der Waals surface area contributed by atoms with Crippen molar-refractivity contribution < 1.29 is 9.59 Å². The number of hydrogen-bond acceptors (Lipinski definition) is 3. The van der Waals surface area contributed by atoms with Crippen LogP contribution in [0.5, 0.6) is 0 Å². The third kappa shape index (κ3) is 3.92. The van der Waals surface area contributed by atoms with Crippen molar-refractivity contribution in [1.82, 2.24) is 14.7 Å². The van der Waals surface area contributed by atoms with Gasteiger partial charge in [0.2, 0.25) is 5.91 Å². The van der Waals surface area contributed by atoms with Crippen LogP contribution in [0.25, 0.3) is 10.8 Å². The summed E-state index contributed by atoms with van der Waals surface area (Å²) in [5, 5.41) is 6.34. The molecule has 1 unspecified atom stereocenters. The summed E-state index contributed by atoms with van der Waals surface area (Å²) in [7, 11) is 0. The van der Waals surface area contributed by atoms with Gasteiger partial charge >= 0.3 is 0 Å². The van der Waals surface area contributed by atoms with Crippen molar-refractivity contribution in [1.29, 1.82) is 0 Å². The van der Waals surface area contributed by atoms with Crippen molar-refractivity contribution in [2.24, 2.45) is 5.92 Å². The first kappa shape index (κ1) is 17.5. The average molecular weight is 361 g/mol. The minimum absolute atomic E-state index is 0.0986. The lowest BCUT2D eigenvalue weighted by atomic mass is 9.89. The first-order chi connectivity index (χ1) is 13.2. The fourth-order valence-electron chi connectivity index (χ4n) is 3.80. The van der Waals surface area contributed by atoms with E-state index in [2.05, 4.69) is 5.10 Å². The van der Waals surface area contributed by atoms with Crippen molar-refractivity contribution in [2.75, 3.05) is 13.1 Å². The smallest absolute Gasteiger partial charge is 0.224 e. The molecule has 2 aromatic carbocycles. The number of hydrogen-bond donors (Lipinski definition) is 0. The largest absolute Gasteiger partial charge is 0.342 e. The minimum Gasteiger partial charge on any atom is -0.342 e. The van der Waals surface area contributed by atoms with Gasteiger partial charge in [-0.1, -0.05) is 36.4 Å².